The molecule has 156 valence electrons. The third kappa shape index (κ3) is 4.16. The van der Waals surface area contributed by atoms with Gasteiger partial charge in [0.05, 0.1) is 23.4 Å². The number of alkyl halides is 3. The van der Waals surface area contributed by atoms with Gasteiger partial charge in [-0.25, -0.2) is 9.69 Å². The van der Waals surface area contributed by atoms with Crippen molar-refractivity contribution in [1.29, 1.82) is 0 Å². The summed E-state index contributed by atoms with van der Waals surface area (Å²) >= 11 is 5.99. The lowest BCUT2D eigenvalue weighted by Crippen LogP contribution is -2.32. The fourth-order valence-electron chi connectivity index (χ4n) is 2.75. The minimum Gasteiger partial charge on any atom is -0.462 e. The van der Waals surface area contributed by atoms with Crippen LogP contribution < -0.4 is 10.2 Å². The fourth-order valence-corrected chi connectivity index (χ4v) is 2.96. The van der Waals surface area contributed by atoms with Crippen LogP contribution in [0.1, 0.15) is 22.8 Å². The number of nitrogens with zero attached hydrogens (tertiary/aromatic N) is 1. The monoisotopic (exact) mass is 438 g/mol. The number of hydrogen-bond acceptors (Lipinski definition) is 5. The Labute approximate surface area is 173 Å². The van der Waals surface area contributed by atoms with E-state index < -0.39 is 34.6 Å². The summed E-state index contributed by atoms with van der Waals surface area (Å²) in [6, 6.07) is 9.71. The van der Waals surface area contributed by atoms with Gasteiger partial charge >= 0.3 is 12.1 Å². The Kier molecular flexibility index (Phi) is 5.84. The van der Waals surface area contributed by atoms with E-state index in [1.165, 1.54) is 30.3 Å². The Balaban J connectivity index is 1.89. The van der Waals surface area contributed by atoms with Gasteiger partial charge in [-0.15, -0.1) is 0 Å². The third-order valence-corrected chi connectivity index (χ3v) is 4.45. The number of nitrogens with one attached hydrogen (secondary N) is 1. The van der Waals surface area contributed by atoms with Gasteiger partial charge in [0.1, 0.15) is 10.7 Å². The van der Waals surface area contributed by atoms with E-state index >= 15 is 0 Å². The van der Waals surface area contributed by atoms with Gasteiger partial charge in [-0.3, -0.25) is 9.59 Å². The second-order valence-corrected chi connectivity index (χ2v) is 6.49. The summed E-state index contributed by atoms with van der Waals surface area (Å²) in [4.78, 5) is 37.9. The number of amides is 2. The number of imide groups is 1. The summed E-state index contributed by atoms with van der Waals surface area (Å²) in [6.45, 7) is 1.77. The van der Waals surface area contributed by atoms with Crippen LogP contribution in [-0.2, 0) is 20.5 Å². The minimum absolute atomic E-state index is 0.0644. The van der Waals surface area contributed by atoms with E-state index in [1.54, 1.807) is 6.92 Å². The molecule has 30 heavy (non-hydrogen) atoms. The number of carbonyl (C=O) groups is 3. The van der Waals surface area contributed by atoms with Crippen molar-refractivity contribution in [3.05, 3.63) is 70.4 Å². The molecule has 0 saturated heterocycles. The highest BCUT2D eigenvalue weighted by Crippen LogP contribution is 2.33. The van der Waals surface area contributed by atoms with Crippen LogP contribution in [0.15, 0.2) is 59.3 Å². The van der Waals surface area contributed by atoms with Gasteiger partial charge in [0, 0.05) is 5.69 Å². The first-order chi connectivity index (χ1) is 14.1. The molecule has 0 spiro atoms. The second kappa shape index (κ2) is 8.19. The van der Waals surface area contributed by atoms with Crippen LogP contribution in [0.4, 0.5) is 24.5 Å². The average Bonchev–Trinajstić information content (AvgIpc) is 2.91. The Morgan fingerprint density at radius 3 is 2.47 bits per heavy atom. The van der Waals surface area contributed by atoms with Gasteiger partial charge < -0.3 is 10.1 Å². The summed E-state index contributed by atoms with van der Waals surface area (Å²) in [5.41, 5.74) is -1.19. The molecule has 1 aliphatic heterocycles. The molecule has 0 bridgehead atoms. The molecule has 0 fully saturated rings. The molecule has 0 saturated carbocycles. The zero-order valence-electron chi connectivity index (χ0n) is 15.4. The van der Waals surface area contributed by atoms with Gasteiger partial charge in [-0.05, 0) is 43.3 Å². The predicted molar refractivity (Wildman–Crippen MR) is 103 cm³/mol. The maximum atomic E-state index is 12.9. The minimum atomic E-state index is -4.58. The summed E-state index contributed by atoms with van der Waals surface area (Å²) in [5.74, 6) is -2.39. The normalized spacial score (nSPS) is 14.4. The summed E-state index contributed by atoms with van der Waals surface area (Å²) < 4.78 is 43.6. The van der Waals surface area contributed by atoms with E-state index in [4.69, 9.17) is 16.3 Å². The van der Waals surface area contributed by atoms with E-state index in [9.17, 15) is 27.6 Å². The molecule has 1 heterocycles. The summed E-state index contributed by atoms with van der Waals surface area (Å²) in [7, 11) is 0. The molecule has 1 N–H and O–H groups in total. The van der Waals surface area contributed by atoms with Crippen molar-refractivity contribution in [1.82, 2.24) is 0 Å². The van der Waals surface area contributed by atoms with Gasteiger partial charge in [0.15, 0.2) is 0 Å². The molecule has 3 rings (SSSR count). The van der Waals surface area contributed by atoms with Crippen molar-refractivity contribution >= 4 is 40.8 Å². The highest BCUT2D eigenvalue weighted by molar-refractivity contribution is 6.53. The zero-order valence-corrected chi connectivity index (χ0v) is 16.2. The molecule has 10 heteroatoms. The zero-order chi connectivity index (χ0) is 22.1. The van der Waals surface area contributed by atoms with E-state index in [-0.39, 0.29) is 29.2 Å². The molecule has 2 aromatic rings. The number of benzene rings is 2. The molecule has 0 radical (unpaired) electrons. The van der Waals surface area contributed by atoms with Gasteiger partial charge in [0.2, 0.25) is 0 Å². The van der Waals surface area contributed by atoms with Crippen LogP contribution in [0.3, 0.4) is 0 Å². The smallest absolute Gasteiger partial charge is 0.416 e. The second-order valence-electron chi connectivity index (χ2n) is 6.11. The van der Waals surface area contributed by atoms with E-state index in [1.807, 2.05) is 0 Å². The van der Waals surface area contributed by atoms with Crippen LogP contribution >= 0.6 is 11.6 Å². The molecule has 0 aromatic heterocycles. The lowest BCUT2D eigenvalue weighted by Gasteiger charge is -2.16. The standard InChI is InChI=1S/C20H14ClF3N2O4/c1-2-30-19(29)11-5-3-8-14(9-11)26-17(27)15(21)16(18(26)28)25-13-7-4-6-12(10-13)20(22,23)24/h3-10,25H,2H2,1H3. The molecule has 0 atom stereocenters. The fraction of sp³-hybridized carbons (Fsp3) is 0.150. The SMILES string of the molecule is CCOC(=O)c1cccc(N2C(=O)C(Cl)=C(Nc3cccc(C(F)(F)F)c3)C2=O)c1. The number of rotatable bonds is 5. The van der Waals surface area contributed by atoms with E-state index in [0.717, 1.165) is 23.1 Å². The highest BCUT2D eigenvalue weighted by atomic mass is 35.5. The molecule has 6 nitrogen and oxygen atoms in total. The molecule has 0 aliphatic carbocycles. The molecular formula is C20H14ClF3N2O4. The number of hydrogen-bond donors (Lipinski definition) is 1. The molecule has 2 aromatic carbocycles. The van der Waals surface area contributed by atoms with Crippen LogP contribution in [0.2, 0.25) is 0 Å². The maximum absolute atomic E-state index is 12.9. The van der Waals surface area contributed by atoms with Crippen molar-refractivity contribution < 1.29 is 32.3 Å². The van der Waals surface area contributed by atoms with Gasteiger partial charge in [0.25, 0.3) is 11.8 Å². The maximum Gasteiger partial charge on any atom is 0.416 e. The number of ether oxygens (including phenoxy) is 1. The van der Waals surface area contributed by atoms with Crippen molar-refractivity contribution in [3.63, 3.8) is 0 Å². The van der Waals surface area contributed by atoms with Crippen LogP contribution in [0.5, 0.6) is 0 Å². The largest absolute Gasteiger partial charge is 0.462 e. The Bertz CT molecular complexity index is 1070. The molecule has 0 unspecified atom stereocenters. The first kappa shape index (κ1) is 21.4. The third-order valence-electron chi connectivity index (χ3n) is 4.10. The number of carbonyl (C=O) groups excluding carboxylic acids is 3. The Morgan fingerprint density at radius 2 is 1.80 bits per heavy atom. The lowest BCUT2D eigenvalue weighted by molar-refractivity contribution is -0.137. The van der Waals surface area contributed by atoms with Crippen LogP contribution in [-0.4, -0.2) is 24.4 Å². The van der Waals surface area contributed by atoms with Crippen LogP contribution in [0.25, 0.3) is 0 Å². The molecule has 2 amide bonds. The topological polar surface area (TPSA) is 75.7 Å². The first-order valence-electron chi connectivity index (χ1n) is 8.63. The van der Waals surface area contributed by atoms with Crippen molar-refractivity contribution in [2.75, 3.05) is 16.8 Å². The Morgan fingerprint density at radius 1 is 1.10 bits per heavy atom. The molecular weight excluding hydrogens is 425 g/mol. The van der Waals surface area contributed by atoms with E-state index in [0.29, 0.717) is 0 Å². The van der Waals surface area contributed by atoms with Crippen LogP contribution in [0, 0.1) is 0 Å². The molecule has 1 aliphatic rings. The summed E-state index contributed by atoms with van der Waals surface area (Å²) in [5, 5.41) is 2.00. The summed E-state index contributed by atoms with van der Waals surface area (Å²) in [6.07, 6.45) is -4.58. The number of halogens is 4. The Hall–Kier alpha value is -3.33. The average molecular weight is 439 g/mol. The first-order valence-corrected chi connectivity index (χ1v) is 9.01. The van der Waals surface area contributed by atoms with Crippen molar-refractivity contribution in [2.24, 2.45) is 0 Å². The van der Waals surface area contributed by atoms with Crippen molar-refractivity contribution in [2.45, 2.75) is 13.1 Å². The van der Waals surface area contributed by atoms with Gasteiger partial charge in [-0.1, -0.05) is 23.7 Å². The quantitative estimate of drug-likeness (QED) is 0.556. The van der Waals surface area contributed by atoms with Crippen molar-refractivity contribution in [3.8, 4) is 0 Å². The van der Waals surface area contributed by atoms with Gasteiger partial charge in [-0.2, -0.15) is 13.2 Å². The van der Waals surface area contributed by atoms with E-state index in [2.05, 4.69) is 5.32 Å². The number of esters is 1. The number of anilines is 2. The predicted octanol–water partition coefficient (Wildman–Crippen LogP) is 4.32. The lowest BCUT2D eigenvalue weighted by atomic mass is 10.2. The highest BCUT2D eigenvalue weighted by Gasteiger charge is 2.39.